The van der Waals surface area contributed by atoms with Gasteiger partial charge in [-0.25, -0.2) is 9.78 Å². The molecule has 3 saturated heterocycles. The van der Waals surface area contributed by atoms with Crippen LogP contribution in [0.3, 0.4) is 0 Å². The number of aryl methyl sites for hydroxylation is 2. The number of anilines is 1. The summed E-state index contributed by atoms with van der Waals surface area (Å²) in [7, 11) is 0. The maximum atomic E-state index is 12.8. The SMILES string of the molecule is Cc1cc(-c2sc(NC(=O)N3CC4CC(C3)N4)nc2-c2cccc(C#N)c2)cc(C)n1. The van der Waals surface area contributed by atoms with Gasteiger partial charge in [0.1, 0.15) is 0 Å². The number of hydrogen-bond donors (Lipinski definition) is 2. The minimum Gasteiger partial charge on any atom is -0.321 e. The molecule has 0 aliphatic carbocycles. The smallest absolute Gasteiger partial charge is 0.321 e. The van der Waals surface area contributed by atoms with Gasteiger partial charge in [-0.3, -0.25) is 10.3 Å². The summed E-state index contributed by atoms with van der Waals surface area (Å²) in [5.41, 5.74) is 5.02. The molecule has 1 aromatic carbocycles. The molecule has 3 aromatic rings. The second-order valence-corrected chi connectivity index (χ2v) is 9.16. The van der Waals surface area contributed by atoms with E-state index in [-0.39, 0.29) is 6.03 Å². The lowest BCUT2D eigenvalue weighted by Crippen LogP contribution is -2.68. The number of fused-ring (bicyclic) bond motifs is 2. The fraction of sp³-hybridized carbons (Fsp3) is 0.304. The first-order valence-corrected chi connectivity index (χ1v) is 11.1. The molecule has 3 fully saturated rings. The van der Waals surface area contributed by atoms with Gasteiger partial charge in [0.2, 0.25) is 0 Å². The number of piperidine rings is 1. The second-order valence-electron chi connectivity index (χ2n) is 8.16. The molecule has 8 heteroatoms. The van der Waals surface area contributed by atoms with Gasteiger partial charge in [-0.15, -0.1) is 0 Å². The average Bonchev–Trinajstić information content (AvgIpc) is 3.16. The van der Waals surface area contributed by atoms with Crippen molar-refractivity contribution < 1.29 is 4.79 Å². The molecule has 31 heavy (non-hydrogen) atoms. The molecule has 7 nitrogen and oxygen atoms in total. The third-order valence-corrected chi connectivity index (χ3v) is 6.68. The van der Waals surface area contributed by atoms with Gasteiger partial charge in [0.05, 0.1) is 22.2 Å². The van der Waals surface area contributed by atoms with E-state index in [0.29, 0.717) is 22.8 Å². The van der Waals surface area contributed by atoms with Crippen LogP contribution in [0.2, 0.25) is 0 Å². The maximum absolute atomic E-state index is 12.8. The van der Waals surface area contributed by atoms with Crippen LogP contribution < -0.4 is 10.6 Å². The van der Waals surface area contributed by atoms with Crippen molar-refractivity contribution in [2.75, 3.05) is 18.4 Å². The number of carbonyl (C=O) groups excluding carboxylic acids is 1. The molecule has 2 bridgehead atoms. The van der Waals surface area contributed by atoms with Crippen LogP contribution in [0.15, 0.2) is 36.4 Å². The van der Waals surface area contributed by atoms with E-state index in [1.807, 2.05) is 49.1 Å². The Morgan fingerprint density at radius 3 is 2.55 bits per heavy atom. The zero-order valence-electron chi connectivity index (χ0n) is 17.3. The van der Waals surface area contributed by atoms with Gasteiger partial charge in [0.25, 0.3) is 0 Å². The Bertz CT molecular complexity index is 1180. The molecule has 2 N–H and O–H groups in total. The topological polar surface area (TPSA) is 93.9 Å². The molecule has 0 spiro atoms. The summed E-state index contributed by atoms with van der Waals surface area (Å²) in [5.74, 6) is 0. The molecule has 6 rings (SSSR count). The number of hydrogen-bond acceptors (Lipinski definition) is 6. The van der Waals surface area contributed by atoms with Crippen molar-refractivity contribution in [2.45, 2.75) is 32.4 Å². The number of carbonyl (C=O) groups is 1. The molecular formula is C23H22N6OS. The van der Waals surface area contributed by atoms with Crippen molar-refractivity contribution in [1.29, 1.82) is 5.26 Å². The van der Waals surface area contributed by atoms with Crippen LogP contribution in [0.4, 0.5) is 9.93 Å². The Labute approximate surface area is 184 Å². The Hall–Kier alpha value is -3.28. The largest absolute Gasteiger partial charge is 0.323 e. The lowest BCUT2D eigenvalue weighted by Gasteiger charge is -2.48. The number of nitrogens with zero attached hydrogens (tertiary/aromatic N) is 4. The number of piperazine rings is 1. The van der Waals surface area contributed by atoms with Crippen LogP contribution in [0.1, 0.15) is 23.4 Å². The summed E-state index contributed by atoms with van der Waals surface area (Å²) in [5, 5.41) is 16.3. The summed E-state index contributed by atoms with van der Waals surface area (Å²) in [6.07, 6.45) is 1.14. The maximum Gasteiger partial charge on any atom is 0.323 e. The highest BCUT2D eigenvalue weighted by molar-refractivity contribution is 7.19. The summed E-state index contributed by atoms with van der Waals surface area (Å²) in [6.45, 7) is 5.37. The molecule has 2 unspecified atom stereocenters. The van der Waals surface area contributed by atoms with Crippen LogP contribution in [0, 0.1) is 25.2 Å². The van der Waals surface area contributed by atoms with E-state index < -0.39 is 0 Å². The molecule has 3 aliphatic heterocycles. The van der Waals surface area contributed by atoms with Crippen molar-refractivity contribution in [1.82, 2.24) is 20.2 Å². The van der Waals surface area contributed by atoms with Gasteiger partial charge >= 0.3 is 6.03 Å². The lowest BCUT2D eigenvalue weighted by atomic mass is 9.92. The zero-order chi connectivity index (χ0) is 21.5. The average molecular weight is 431 g/mol. The number of nitrogens with one attached hydrogen (secondary N) is 2. The van der Waals surface area contributed by atoms with E-state index in [4.69, 9.17) is 4.98 Å². The first-order chi connectivity index (χ1) is 15.0. The van der Waals surface area contributed by atoms with E-state index >= 15 is 0 Å². The number of amides is 2. The van der Waals surface area contributed by atoms with Crippen molar-refractivity contribution in [3.63, 3.8) is 0 Å². The molecule has 2 amide bonds. The monoisotopic (exact) mass is 430 g/mol. The third kappa shape index (κ3) is 3.90. The van der Waals surface area contributed by atoms with Gasteiger partial charge < -0.3 is 10.2 Å². The third-order valence-electron chi connectivity index (χ3n) is 5.66. The van der Waals surface area contributed by atoms with E-state index in [9.17, 15) is 10.1 Å². The highest BCUT2D eigenvalue weighted by Gasteiger charge is 2.38. The van der Waals surface area contributed by atoms with Crippen LogP contribution in [-0.4, -0.2) is 46.1 Å². The molecule has 5 heterocycles. The number of thiazole rings is 1. The Kier molecular flexibility index (Phi) is 4.93. The van der Waals surface area contributed by atoms with Crippen LogP contribution >= 0.6 is 11.3 Å². The first kappa shape index (κ1) is 19.7. The predicted molar refractivity (Wildman–Crippen MR) is 121 cm³/mol. The highest BCUT2D eigenvalue weighted by atomic mass is 32.1. The molecule has 2 aromatic heterocycles. The van der Waals surface area contributed by atoms with Crippen molar-refractivity contribution in [2.24, 2.45) is 0 Å². The first-order valence-electron chi connectivity index (χ1n) is 10.3. The lowest BCUT2D eigenvalue weighted by molar-refractivity contribution is 0.102. The fourth-order valence-electron chi connectivity index (χ4n) is 4.32. The summed E-state index contributed by atoms with van der Waals surface area (Å²) >= 11 is 1.45. The van der Waals surface area contributed by atoms with Gasteiger partial charge in [-0.05, 0) is 50.1 Å². The van der Waals surface area contributed by atoms with Crippen LogP contribution in [-0.2, 0) is 0 Å². The van der Waals surface area contributed by atoms with Gasteiger partial charge in [0, 0.05) is 42.1 Å². The van der Waals surface area contributed by atoms with Crippen molar-refractivity contribution >= 4 is 22.5 Å². The highest BCUT2D eigenvalue weighted by Crippen LogP contribution is 2.40. The number of nitriles is 1. The number of aromatic nitrogens is 2. The Morgan fingerprint density at radius 2 is 1.87 bits per heavy atom. The minimum absolute atomic E-state index is 0.115. The van der Waals surface area contributed by atoms with Gasteiger partial charge in [-0.1, -0.05) is 23.5 Å². The quantitative estimate of drug-likeness (QED) is 0.656. The molecule has 2 atom stereocenters. The molecule has 0 radical (unpaired) electrons. The van der Waals surface area contributed by atoms with E-state index in [2.05, 4.69) is 21.7 Å². The minimum atomic E-state index is -0.115. The van der Waals surface area contributed by atoms with Crippen molar-refractivity contribution in [3.05, 3.63) is 53.3 Å². The standard InChI is InChI=1S/C23H22N6OS/c1-13-6-17(7-14(2)25-13)21-20(16-5-3-4-15(8-16)10-24)27-22(31-21)28-23(30)29-11-18-9-19(12-29)26-18/h3-8,18-19,26H,9,11-12H2,1-2H3,(H,27,28,30). The summed E-state index contributed by atoms with van der Waals surface area (Å²) in [6, 6.07) is 14.3. The zero-order valence-corrected chi connectivity index (χ0v) is 18.2. The fourth-order valence-corrected chi connectivity index (χ4v) is 5.28. The summed E-state index contributed by atoms with van der Waals surface area (Å²) < 4.78 is 0. The summed E-state index contributed by atoms with van der Waals surface area (Å²) in [4.78, 5) is 24.9. The van der Waals surface area contributed by atoms with Crippen LogP contribution in [0.25, 0.3) is 21.7 Å². The normalized spacial score (nSPS) is 19.5. The van der Waals surface area contributed by atoms with Crippen molar-refractivity contribution in [3.8, 4) is 27.8 Å². The number of pyridine rings is 1. The second kappa shape index (κ2) is 7.76. The Balaban J connectivity index is 1.51. The predicted octanol–water partition coefficient (Wildman–Crippen LogP) is 3.94. The van der Waals surface area contributed by atoms with E-state index in [0.717, 1.165) is 52.6 Å². The molecular weight excluding hydrogens is 408 g/mol. The van der Waals surface area contributed by atoms with E-state index in [1.165, 1.54) is 11.3 Å². The van der Waals surface area contributed by atoms with Crippen LogP contribution in [0.5, 0.6) is 0 Å². The molecule has 156 valence electrons. The number of urea groups is 1. The Morgan fingerprint density at radius 1 is 1.16 bits per heavy atom. The van der Waals surface area contributed by atoms with Gasteiger partial charge in [0.15, 0.2) is 5.13 Å². The van der Waals surface area contributed by atoms with E-state index in [1.54, 1.807) is 6.07 Å². The number of benzene rings is 1. The van der Waals surface area contributed by atoms with Gasteiger partial charge in [-0.2, -0.15) is 5.26 Å². The number of rotatable bonds is 3. The molecule has 3 aliphatic rings. The molecule has 0 saturated carbocycles.